The van der Waals surface area contributed by atoms with Gasteiger partial charge in [0.05, 0.1) is 29.6 Å². The number of halogens is 6. The van der Waals surface area contributed by atoms with Crippen molar-refractivity contribution < 1.29 is 35.8 Å². The highest BCUT2D eigenvalue weighted by Crippen LogP contribution is 2.45. The SMILES string of the molecule is Nc1cc(F)c(C(F)(F)F)c(C2Cc3nc(OC[C@@]45CCCN4C[C@H](F)C5)nc(N4CC5CCC(C4)N5)c3CO2)c1F. The highest BCUT2D eigenvalue weighted by Gasteiger charge is 2.50. The van der Waals surface area contributed by atoms with Gasteiger partial charge in [-0.2, -0.15) is 23.1 Å². The van der Waals surface area contributed by atoms with Crippen LogP contribution in [0.4, 0.5) is 37.8 Å². The number of nitrogens with one attached hydrogen (secondary N) is 1. The van der Waals surface area contributed by atoms with Gasteiger partial charge in [-0.3, -0.25) is 4.90 Å². The van der Waals surface area contributed by atoms with Gasteiger partial charge in [0.1, 0.15) is 30.0 Å². The first-order chi connectivity index (χ1) is 20.0. The molecular formula is C28H32F6N6O2. The molecule has 0 amide bonds. The highest BCUT2D eigenvalue weighted by molar-refractivity contribution is 5.54. The van der Waals surface area contributed by atoms with E-state index in [1.807, 2.05) is 0 Å². The molecule has 2 bridgehead atoms. The van der Waals surface area contributed by atoms with Crippen molar-refractivity contribution >= 4 is 11.5 Å². The smallest absolute Gasteiger partial charge is 0.419 e. The van der Waals surface area contributed by atoms with Crippen molar-refractivity contribution in [2.45, 2.75) is 81.2 Å². The molecule has 228 valence electrons. The Hall–Kier alpha value is -2.84. The summed E-state index contributed by atoms with van der Waals surface area (Å²) in [6, 6.07) is 0.885. The molecule has 8 nitrogen and oxygen atoms in total. The molecule has 1 aromatic carbocycles. The maximum Gasteiger partial charge on any atom is 0.419 e. The minimum Gasteiger partial charge on any atom is -0.461 e. The van der Waals surface area contributed by atoms with Gasteiger partial charge in [0, 0.05) is 61.8 Å². The Balaban J connectivity index is 1.25. The molecule has 0 saturated carbocycles. The number of anilines is 2. The number of aromatic nitrogens is 2. The molecule has 4 saturated heterocycles. The van der Waals surface area contributed by atoms with E-state index in [-0.39, 0.29) is 37.7 Å². The normalized spacial score (nSPS) is 31.0. The van der Waals surface area contributed by atoms with E-state index in [1.54, 1.807) is 0 Å². The summed E-state index contributed by atoms with van der Waals surface area (Å²) in [5.74, 6) is -2.49. The number of hydrogen-bond acceptors (Lipinski definition) is 8. The molecule has 3 unspecified atom stereocenters. The number of alkyl halides is 4. The fourth-order valence-electron chi connectivity index (χ4n) is 7.62. The molecule has 6 heterocycles. The Morgan fingerprint density at radius 1 is 1.14 bits per heavy atom. The zero-order chi connectivity index (χ0) is 29.4. The summed E-state index contributed by atoms with van der Waals surface area (Å²) in [4.78, 5) is 13.5. The van der Waals surface area contributed by atoms with Crippen molar-refractivity contribution in [3.63, 3.8) is 0 Å². The molecule has 0 radical (unpaired) electrons. The Morgan fingerprint density at radius 3 is 2.64 bits per heavy atom. The largest absolute Gasteiger partial charge is 0.461 e. The molecule has 0 aliphatic carbocycles. The monoisotopic (exact) mass is 598 g/mol. The molecule has 42 heavy (non-hydrogen) atoms. The zero-order valence-corrected chi connectivity index (χ0v) is 22.8. The summed E-state index contributed by atoms with van der Waals surface area (Å²) in [6.07, 6.45) is -3.80. The van der Waals surface area contributed by atoms with E-state index in [0.717, 1.165) is 32.2 Å². The lowest BCUT2D eigenvalue weighted by atomic mass is 9.93. The van der Waals surface area contributed by atoms with Crippen molar-refractivity contribution in [2.75, 3.05) is 43.4 Å². The van der Waals surface area contributed by atoms with Gasteiger partial charge >= 0.3 is 12.2 Å². The average Bonchev–Trinajstić information content (AvgIpc) is 3.58. The molecule has 0 spiro atoms. The Labute approximate surface area is 238 Å². The predicted octanol–water partition coefficient (Wildman–Crippen LogP) is 4.07. The topological polar surface area (TPSA) is 88.8 Å². The fraction of sp³-hybridized carbons (Fsp3) is 0.643. The molecule has 1 aromatic heterocycles. The van der Waals surface area contributed by atoms with Crippen LogP contribution in [0, 0.1) is 11.6 Å². The van der Waals surface area contributed by atoms with Gasteiger partial charge in [-0.15, -0.1) is 0 Å². The number of ether oxygens (including phenoxy) is 2. The van der Waals surface area contributed by atoms with Crippen LogP contribution in [0.5, 0.6) is 6.01 Å². The number of benzene rings is 1. The van der Waals surface area contributed by atoms with Crippen LogP contribution >= 0.6 is 0 Å². The lowest BCUT2D eigenvalue weighted by molar-refractivity contribution is -0.142. The van der Waals surface area contributed by atoms with Gasteiger partial charge in [0.2, 0.25) is 0 Å². The van der Waals surface area contributed by atoms with Gasteiger partial charge in [-0.1, -0.05) is 0 Å². The van der Waals surface area contributed by atoms with Crippen molar-refractivity contribution in [2.24, 2.45) is 0 Å². The van der Waals surface area contributed by atoms with Crippen molar-refractivity contribution in [3.8, 4) is 6.01 Å². The second-order valence-electron chi connectivity index (χ2n) is 12.2. The Kier molecular flexibility index (Phi) is 6.74. The third-order valence-corrected chi connectivity index (χ3v) is 9.49. The third kappa shape index (κ3) is 4.75. The van der Waals surface area contributed by atoms with Crippen LogP contribution in [0.2, 0.25) is 0 Å². The Bertz CT molecular complexity index is 1380. The lowest BCUT2D eigenvalue weighted by Gasteiger charge is -2.37. The number of nitrogen functional groups attached to an aromatic ring is 1. The van der Waals surface area contributed by atoms with E-state index < -0.39 is 52.4 Å². The number of nitrogens with two attached hydrogens (primary N) is 1. The summed E-state index contributed by atoms with van der Waals surface area (Å²) in [7, 11) is 0. The van der Waals surface area contributed by atoms with Crippen LogP contribution in [-0.4, -0.2) is 71.4 Å². The standard InChI is InChI=1S/C28H32F6N6O2/c29-14-8-27(4-1-5-40(27)9-14)13-42-26-37-20-7-21(22-23(28(32,33)34)18(30)6-19(35)24(22)31)41-12-17(20)25(38-26)39-10-15-2-3-16(11-39)36-15/h6,14-16,21,36H,1-5,7-13,35H2/t14-,15?,16?,21?,27+/m1/s1. The molecular weight excluding hydrogens is 566 g/mol. The molecule has 5 aliphatic rings. The summed E-state index contributed by atoms with van der Waals surface area (Å²) < 4.78 is 97.7. The second kappa shape index (κ2) is 10.1. The van der Waals surface area contributed by atoms with E-state index in [4.69, 9.17) is 20.2 Å². The van der Waals surface area contributed by atoms with E-state index in [9.17, 15) is 22.0 Å². The van der Waals surface area contributed by atoms with Crippen LogP contribution in [0.25, 0.3) is 0 Å². The lowest BCUT2D eigenvalue weighted by Crippen LogP contribution is -2.52. The second-order valence-corrected chi connectivity index (χ2v) is 12.2. The summed E-state index contributed by atoms with van der Waals surface area (Å²) >= 11 is 0. The van der Waals surface area contributed by atoms with Gasteiger partial charge in [0.15, 0.2) is 5.82 Å². The van der Waals surface area contributed by atoms with Crippen molar-refractivity contribution in [1.29, 1.82) is 0 Å². The van der Waals surface area contributed by atoms with Crippen molar-refractivity contribution in [1.82, 2.24) is 20.2 Å². The molecule has 4 fully saturated rings. The first-order valence-corrected chi connectivity index (χ1v) is 14.4. The minimum absolute atomic E-state index is 0.0223. The fourth-order valence-corrected chi connectivity index (χ4v) is 7.62. The first kappa shape index (κ1) is 28.0. The quantitative estimate of drug-likeness (QED) is 0.394. The molecule has 2 aromatic rings. The Morgan fingerprint density at radius 2 is 1.90 bits per heavy atom. The summed E-state index contributed by atoms with van der Waals surface area (Å²) in [5, 5.41) is 3.56. The van der Waals surface area contributed by atoms with Crippen molar-refractivity contribution in [3.05, 3.63) is 40.1 Å². The molecule has 14 heteroatoms. The molecule has 5 aliphatic heterocycles. The van der Waals surface area contributed by atoms with Gasteiger partial charge in [-0.25, -0.2) is 13.2 Å². The van der Waals surface area contributed by atoms with E-state index in [2.05, 4.69) is 20.1 Å². The van der Waals surface area contributed by atoms with E-state index in [0.29, 0.717) is 49.2 Å². The minimum atomic E-state index is -5.18. The van der Waals surface area contributed by atoms with Crippen LogP contribution in [-0.2, 0) is 23.9 Å². The maximum absolute atomic E-state index is 15.1. The predicted molar refractivity (Wildman–Crippen MR) is 140 cm³/mol. The number of piperazine rings is 1. The number of rotatable bonds is 5. The number of hydrogen-bond donors (Lipinski definition) is 2. The number of fused-ring (bicyclic) bond motifs is 4. The van der Waals surface area contributed by atoms with Gasteiger partial charge in [0.25, 0.3) is 0 Å². The molecule has 5 atom stereocenters. The van der Waals surface area contributed by atoms with Crippen LogP contribution in [0.3, 0.4) is 0 Å². The van der Waals surface area contributed by atoms with E-state index >= 15 is 4.39 Å². The summed E-state index contributed by atoms with van der Waals surface area (Å²) in [6.45, 7) is 2.43. The molecule has 7 rings (SSSR count). The maximum atomic E-state index is 15.1. The highest BCUT2D eigenvalue weighted by atomic mass is 19.4. The van der Waals surface area contributed by atoms with Gasteiger partial charge < -0.3 is 25.4 Å². The zero-order valence-electron chi connectivity index (χ0n) is 22.8. The van der Waals surface area contributed by atoms with E-state index in [1.165, 1.54) is 0 Å². The third-order valence-electron chi connectivity index (χ3n) is 9.49. The van der Waals surface area contributed by atoms with Crippen LogP contribution < -0.4 is 20.7 Å². The average molecular weight is 599 g/mol. The van der Waals surface area contributed by atoms with Gasteiger partial charge in [-0.05, 0) is 32.2 Å². The summed E-state index contributed by atoms with van der Waals surface area (Å²) in [5.41, 5.74) is 2.53. The van der Waals surface area contributed by atoms with Crippen LogP contribution in [0.1, 0.15) is 60.6 Å². The van der Waals surface area contributed by atoms with Crippen LogP contribution in [0.15, 0.2) is 6.07 Å². The first-order valence-electron chi connectivity index (χ1n) is 14.4. The number of nitrogens with zero attached hydrogens (tertiary/aromatic N) is 4. The molecule has 3 N–H and O–H groups in total.